The molecule has 0 aromatic carbocycles. The van der Waals surface area contributed by atoms with Crippen LogP contribution in [0.1, 0.15) is 19.5 Å². The first-order valence-corrected chi connectivity index (χ1v) is 6.88. The summed E-state index contributed by atoms with van der Waals surface area (Å²) in [6.45, 7) is 8.02. The molecule has 8 heteroatoms. The predicted octanol–water partition coefficient (Wildman–Crippen LogP) is 0.922. The molecule has 2 heterocycles. The molecular formula is C13H22IN5O2. The number of rotatable bonds is 3. The van der Waals surface area contributed by atoms with Gasteiger partial charge in [-0.05, 0) is 6.92 Å². The van der Waals surface area contributed by atoms with E-state index in [1.165, 1.54) is 0 Å². The van der Waals surface area contributed by atoms with Gasteiger partial charge in [0.05, 0.1) is 6.54 Å². The van der Waals surface area contributed by atoms with Crippen molar-refractivity contribution in [3.05, 3.63) is 18.0 Å². The van der Waals surface area contributed by atoms with Gasteiger partial charge < -0.3 is 19.6 Å². The number of aliphatic imine (C=N–C) groups is 1. The normalized spacial score (nSPS) is 15.6. The monoisotopic (exact) mass is 407 g/mol. The van der Waals surface area contributed by atoms with Crippen molar-refractivity contribution in [2.75, 3.05) is 32.7 Å². The van der Waals surface area contributed by atoms with Crippen LogP contribution in [0.2, 0.25) is 0 Å². The van der Waals surface area contributed by atoms with Crippen molar-refractivity contribution in [3.8, 4) is 0 Å². The van der Waals surface area contributed by atoms with Crippen LogP contribution in [0.3, 0.4) is 0 Å². The second-order valence-electron chi connectivity index (χ2n) is 4.65. The fourth-order valence-electron chi connectivity index (χ4n) is 2.13. The number of piperazine rings is 1. The van der Waals surface area contributed by atoms with Gasteiger partial charge in [0, 0.05) is 45.7 Å². The molecule has 0 spiro atoms. The van der Waals surface area contributed by atoms with Crippen LogP contribution in [-0.2, 0) is 11.3 Å². The van der Waals surface area contributed by atoms with Crippen LogP contribution in [0.25, 0.3) is 0 Å². The Hall–Kier alpha value is -1.32. The number of guanidine groups is 1. The zero-order valence-electron chi connectivity index (χ0n) is 12.4. The highest BCUT2D eigenvalue weighted by Crippen LogP contribution is 2.04. The summed E-state index contributed by atoms with van der Waals surface area (Å²) >= 11 is 0. The third kappa shape index (κ3) is 5.18. The van der Waals surface area contributed by atoms with Crippen LogP contribution in [-0.4, -0.2) is 59.5 Å². The number of carbonyl (C=O) groups is 1. The maximum absolute atomic E-state index is 11.3. The van der Waals surface area contributed by atoms with Crippen LogP contribution in [0.4, 0.5) is 0 Å². The van der Waals surface area contributed by atoms with Crippen LogP contribution < -0.4 is 5.32 Å². The number of nitrogens with one attached hydrogen (secondary N) is 1. The summed E-state index contributed by atoms with van der Waals surface area (Å²) in [5, 5.41) is 7.12. The van der Waals surface area contributed by atoms with Crippen LogP contribution in [0.5, 0.6) is 0 Å². The van der Waals surface area contributed by atoms with Gasteiger partial charge in [-0.3, -0.25) is 4.79 Å². The molecule has 1 amide bonds. The molecule has 0 aliphatic carbocycles. The minimum atomic E-state index is 0. The van der Waals surface area contributed by atoms with Gasteiger partial charge in [-0.2, -0.15) is 0 Å². The Kier molecular flexibility index (Phi) is 7.48. The van der Waals surface area contributed by atoms with E-state index in [4.69, 9.17) is 4.52 Å². The minimum absolute atomic E-state index is 0. The number of carbonyl (C=O) groups excluding carboxylic acids is 1. The second-order valence-corrected chi connectivity index (χ2v) is 4.65. The molecule has 7 nitrogen and oxygen atoms in total. The minimum Gasteiger partial charge on any atom is -0.364 e. The van der Waals surface area contributed by atoms with Gasteiger partial charge in [0.15, 0.2) is 5.96 Å². The average molecular weight is 407 g/mol. The topological polar surface area (TPSA) is 74.0 Å². The zero-order chi connectivity index (χ0) is 14.4. The van der Waals surface area contributed by atoms with Gasteiger partial charge in [-0.25, -0.2) is 4.99 Å². The second kappa shape index (κ2) is 8.85. The standard InChI is InChI=1S/C13H21N5O2.HI/c1-3-14-13(15-10-12-4-9-20-16-12)18-7-5-17(6-8-18)11(2)19;/h4,9H,3,5-8,10H2,1-2H3,(H,14,15);1H. The number of hydrogen-bond donors (Lipinski definition) is 1. The maximum Gasteiger partial charge on any atom is 0.219 e. The third-order valence-corrected chi connectivity index (χ3v) is 3.24. The lowest BCUT2D eigenvalue weighted by molar-refractivity contribution is -0.130. The van der Waals surface area contributed by atoms with Gasteiger partial charge in [0.25, 0.3) is 0 Å². The summed E-state index contributed by atoms with van der Waals surface area (Å²) in [6, 6.07) is 1.81. The predicted molar refractivity (Wildman–Crippen MR) is 90.6 cm³/mol. The van der Waals surface area contributed by atoms with Gasteiger partial charge in [0.2, 0.25) is 5.91 Å². The van der Waals surface area contributed by atoms with E-state index in [1.54, 1.807) is 19.3 Å². The van der Waals surface area contributed by atoms with Crippen molar-refractivity contribution in [2.24, 2.45) is 4.99 Å². The number of amides is 1. The largest absolute Gasteiger partial charge is 0.364 e. The van der Waals surface area contributed by atoms with Crippen LogP contribution >= 0.6 is 24.0 Å². The number of hydrogen-bond acceptors (Lipinski definition) is 4. The van der Waals surface area contributed by atoms with E-state index in [0.717, 1.165) is 44.4 Å². The molecule has 2 rings (SSSR count). The number of nitrogens with zero attached hydrogens (tertiary/aromatic N) is 4. The molecule has 1 aromatic rings. The molecule has 21 heavy (non-hydrogen) atoms. The SMILES string of the molecule is CCNC(=NCc1ccon1)N1CCN(C(C)=O)CC1.I. The molecule has 1 aliphatic rings. The van der Waals surface area contributed by atoms with Gasteiger partial charge in [0.1, 0.15) is 12.0 Å². The summed E-state index contributed by atoms with van der Waals surface area (Å²) < 4.78 is 4.80. The Labute approximate surface area is 141 Å². The summed E-state index contributed by atoms with van der Waals surface area (Å²) in [4.78, 5) is 19.9. The van der Waals surface area contributed by atoms with Crippen molar-refractivity contribution >= 4 is 35.8 Å². The van der Waals surface area contributed by atoms with Crippen molar-refractivity contribution < 1.29 is 9.32 Å². The molecule has 118 valence electrons. The van der Waals surface area contributed by atoms with Crippen molar-refractivity contribution in [3.63, 3.8) is 0 Å². The molecule has 1 aromatic heterocycles. The fourth-order valence-corrected chi connectivity index (χ4v) is 2.13. The highest BCUT2D eigenvalue weighted by molar-refractivity contribution is 14.0. The maximum atomic E-state index is 11.3. The molecule has 0 atom stereocenters. The summed E-state index contributed by atoms with van der Waals surface area (Å²) in [5.74, 6) is 0.993. The summed E-state index contributed by atoms with van der Waals surface area (Å²) in [7, 11) is 0. The Morgan fingerprint density at radius 2 is 2.05 bits per heavy atom. The van der Waals surface area contributed by atoms with Crippen molar-refractivity contribution in [2.45, 2.75) is 20.4 Å². The molecule has 1 saturated heterocycles. The van der Waals surface area contributed by atoms with E-state index < -0.39 is 0 Å². The zero-order valence-corrected chi connectivity index (χ0v) is 14.7. The van der Waals surface area contributed by atoms with E-state index in [-0.39, 0.29) is 29.9 Å². The van der Waals surface area contributed by atoms with E-state index in [0.29, 0.717) is 6.54 Å². The van der Waals surface area contributed by atoms with E-state index in [1.807, 2.05) is 11.8 Å². The van der Waals surface area contributed by atoms with Gasteiger partial charge >= 0.3 is 0 Å². The molecular weight excluding hydrogens is 385 g/mol. The Morgan fingerprint density at radius 1 is 1.38 bits per heavy atom. The molecule has 0 unspecified atom stereocenters. The molecule has 0 saturated carbocycles. The first-order chi connectivity index (χ1) is 9.70. The smallest absolute Gasteiger partial charge is 0.219 e. The Morgan fingerprint density at radius 3 is 2.57 bits per heavy atom. The van der Waals surface area contributed by atoms with E-state index >= 15 is 0 Å². The third-order valence-electron chi connectivity index (χ3n) is 3.24. The summed E-state index contributed by atoms with van der Waals surface area (Å²) in [6.07, 6.45) is 1.55. The van der Waals surface area contributed by atoms with Crippen molar-refractivity contribution in [1.29, 1.82) is 0 Å². The quantitative estimate of drug-likeness (QED) is 0.459. The molecule has 1 fully saturated rings. The fraction of sp³-hybridized carbons (Fsp3) is 0.615. The van der Waals surface area contributed by atoms with Crippen LogP contribution in [0, 0.1) is 0 Å². The summed E-state index contributed by atoms with van der Waals surface area (Å²) in [5.41, 5.74) is 0.808. The first kappa shape index (κ1) is 17.7. The van der Waals surface area contributed by atoms with Crippen LogP contribution in [0.15, 0.2) is 21.8 Å². The molecule has 1 N–H and O–H groups in total. The van der Waals surface area contributed by atoms with Gasteiger partial charge in [-0.1, -0.05) is 5.16 Å². The van der Waals surface area contributed by atoms with Crippen molar-refractivity contribution in [1.82, 2.24) is 20.3 Å². The Balaban J connectivity index is 0.00000220. The highest BCUT2D eigenvalue weighted by atomic mass is 127. The highest BCUT2D eigenvalue weighted by Gasteiger charge is 2.20. The lowest BCUT2D eigenvalue weighted by atomic mass is 10.3. The van der Waals surface area contributed by atoms with E-state index in [9.17, 15) is 4.79 Å². The number of aromatic nitrogens is 1. The Bertz CT molecular complexity index is 455. The lowest BCUT2D eigenvalue weighted by Crippen LogP contribution is -2.53. The lowest BCUT2D eigenvalue weighted by Gasteiger charge is -2.36. The average Bonchev–Trinajstić information content (AvgIpc) is 2.97. The molecule has 1 aliphatic heterocycles. The number of halogens is 1. The molecule has 0 radical (unpaired) electrons. The van der Waals surface area contributed by atoms with E-state index in [2.05, 4.69) is 20.4 Å². The molecule has 0 bridgehead atoms. The first-order valence-electron chi connectivity index (χ1n) is 6.88. The van der Waals surface area contributed by atoms with Gasteiger partial charge in [-0.15, -0.1) is 24.0 Å².